The second-order valence-corrected chi connectivity index (χ2v) is 12.4. The molecule has 36 heavy (non-hydrogen) atoms. The van der Waals surface area contributed by atoms with Crippen LogP contribution in [-0.4, -0.2) is 72.0 Å². The topological polar surface area (TPSA) is 88.5 Å². The first-order valence-corrected chi connectivity index (χ1v) is 13.0. The molecule has 1 N–H and O–H groups in total. The highest BCUT2D eigenvalue weighted by Gasteiger charge is 2.52. The maximum absolute atomic E-state index is 13.1. The van der Waals surface area contributed by atoms with E-state index in [0.717, 1.165) is 35.0 Å². The van der Waals surface area contributed by atoms with Crippen LogP contribution in [-0.2, 0) is 25.3 Å². The molecule has 3 aliphatic heterocycles. The third-order valence-electron chi connectivity index (χ3n) is 8.32. The first kappa shape index (κ1) is 27.0. The van der Waals surface area contributed by atoms with Crippen LogP contribution in [0.2, 0.25) is 0 Å². The monoisotopic (exact) mass is 500 g/mol. The molecule has 8 nitrogen and oxygen atoms in total. The number of hydrogen-bond donors (Lipinski definition) is 1. The van der Waals surface area contributed by atoms with Gasteiger partial charge < -0.3 is 29.0 Å². The summed E-state index contributed by atoms with van der Waals surface area (Å²) in [5.41, 5.74) is 2.84. The normalized spacial score (nSPS) is 25.3. The second-order valence-electron chi connectivity index (χ2n) is 12.4. The van der Waals surface area contributed by atoms with Gasteiger partial charge in [-0.15, -0.1) is 0 Å². The van der Waals surface area contributed by atoms with Crippen LogP contribution in [0, 0.1) is 5.41 Å². The lowest BCUT2D eigenvalue weighted by molar-refractivity contribution is -0.140. The molecule has 0 radical (unpaired) electrons. The van der Waals surface area contributed by atoms with Crippen molar-refractivity contribution in [2.75, 3.05) is 26.8 Å². The fourth-order valence-electron chi connectivity index (χ4n) is 5.91. The Balaban J connectivity index is 1.89. The number of rotatable bonds is 4. The second kappa shape index (κ2) is 9.33. The standard InChI is InChI=1S/C27H41BN2O6/c1-25(2,3)23-22-17(11-13-30(23)21(31)16-34-8)14-18(28-35-26(4,5)27(6,7)36-28)15-19(22)20-10-9-12-29(20)24(32)33/h14-15,20,23H,9-13,16H2,1-8H3,(H,32,33)/t20-,23?/m0/s1. The van der Waals surface area contributed by atoms with Crippen LogP contribution in [0.25, 0.3) is 0 Å². The van der Waals surface area contributed by atoms with Gasteiger partial charge in [0.05, 0.1) is 23.3 Å². The number of methoxy groups -OCH3 is 1. The Labute approximate surface area is 215 Å². The molecule has 198 valence electrons. The molecule has 2 atom stereocenters. The van der Waals surface area contributed by atoms with Crippen LogP contribution >= 0.6 is 0 Å². The van der Waals surface area contributed by atoms with Crippen molar-refractivity contribution in [3.05, 3.63) is 28.8 Å². The van der Waals surface area contributed by atoms with Crippen LogP contribution in [0.3, 0.4) is 0 Å². The summed E-state index contributed by atoms with van der Waals surface area (Å²) in [4.78, 5) is 28.8. The average Bonchev–Trinajstić information content (AvgIpc) is 3.33. The van der Waals surface area contributed by atoms with Crippen LogP contribution in [0.15, 0.2) is 12.1 Å². The van der Waals surface area contributed by atoms with Gasteiger partial charge in [-0.2, -0.15) is 0 Å². The molecule has 3 heterocycles. The van der Waals surface area contributed by atoms with Crippen LogP contribution in [0.5, 0.6) is 0 Å². The van der Waals surface area contributed by atoms with Gasteiger partial charge in [0.25, 0.3) is 0 Å². The molecule has 2 fully saturated rings. The summed E-state index contributed by atoms with van der Waals surface area (Å²) in [7, 11) is 0.993. The minimum atomic E-state index is -0.914. The van der Waals surface area contributed by atoms with E-state index in [0.29, 0.717) is 19.5 Å². The summed E-state index contributed by atoms with van der Waals surface area (Å²) in [6.45, 7) is 15.6. The molecule has 4 rings (SSSR count). The summed E-state index contributed by atoms with van der Waals surface area (Å²) >= 11 is 0. The Morgan fingerprint density at radius 3 is 2.31 bits per heavy atom. The molecule has 0 saturated carbocycles. The SMILES string of the molecule is COCC(=O)N1CCc2cc(B3OC(C)(C)C(C)(C)O3)cc([C@@H]3CCCN3C(=O)O)c2C1C(C)(C)C. The van der Waals surface area contributed by atoms with Gasteiger partial charge in [-0.25, -0.2) is 4.79 Å². The molecular weight excluding hydrogens is 459 g/mol. The Bertz CT molecular complexity index is 1020. The van der Waals surface area contributed by atoms with Crippen LogP contribution in [0.1, 0.15) is 90.1 Å². The average molecular weight is 500 g/mol. The Morgan fingerprint density at radius 1 is 1.11 bits per heavy atom. The number of likely N-dealkylation sites (tertiary alicyclic amines) is 1. The van der Waals surface area contributed by atoms with Crippen molar-refractivity contribution in [1.29, 1.82) is 0 Å². The number of ether oxygens (including phenoxy) is 1. The smallest absolute Gasteiger partial charge is 0.465 e. The lowest BCUT2D eigenvalue weighted by Gasteiger charge is -2.46. The zero-order valence-corrected chi connectivity index (χ0v) is 23.0. The van der Waals surface area contributed by atoms with E-state index in [9.17, 15) is 14.7 Å². The predicted molar refractivity (Wildman–Crippen MR) is 138 cm³/mol. The summed E-state index contributed by atoms with van der Waals surface area (Å²) in [5, 5.41) is 10.00. The highest BCUT2D eigenvalue weighted by Crippen LogP contribution is 2.47. The first-order valence-electron chi connectivity index (χ1n) is 13.0. The molecule has 0 bridgehead atoms. The first-order chi connectivity index (χ1) is 16.7. The highest BCUT2D eigenvalue weighted by molar-refractivity contribution is 6.62. The van der Waals surface area contributed by atoms with Crippen molar-refractivity contribution in [1.82, 2.24) is 9.80 Å². The quantitative estimate of drug-likeness (QED) is 0.631. The third-order valence-corrected chi connectivity index (χ3v) is 8.32. The molecule has 2 amide bonds. The van der Waals surface area contributed by atoms with Gasteiger partial charge >= 0.3 is 13.2 Å². The van der Waals surface area contributed by atoms with E-state index >= 15 is 0 Å². The van der Waals surface area contributed by atoms with Gasteiger partial charge in [0.1, 0.15) is 6.61 Å². The number of hydrogen-bond acceptors (Lipinski definition) is 5. The van der Waals surface area contributed by atoms with Crippen molar-refractivity contribution in [3.63, 3.8) is 0 Å². The van der Waals surface area contributed by atoms with Crippen molar-refractivity contribution in [2.45, 2.75) is 91.0 Å². The van der Waals surface area contributed by atoms with Gasteiger partial charge in [0.2, 0.25) is 5.91 Å². The zero-order chi connectivity index (χ0) is 26.6. The molecule has 0 aromatic heterocycles. The summed E-state index contributed by atoms with van der Waals surface area (Å²) in [5.74, 6) is -0.0504. The maximum atomic E-state index is 13.1. The Kier molecular flexibility index (Phi) is 6.99. The number of fused-ring (bicyclic) bond motifs is 1. The minimum Gasteiger partial charge on any atom is -0.465 e. The maximum Gasteiger partial charge on any atom is 0.494 e. The van der Waals surface area contributed by atoms with Crippen molar-refractivity contribution >= 4 is 24.6 Å². The van der Waals surface area contributed by atoms with Crippen LogP contribution < -0.4 is 5.46 Å². The highest BCUT2D eigenvalue weighted by atomic mass is 16.7. The van der Waals surface area contributed by atoms with E-state index in [4.69, 9.17) is 14.0 Å². The van der Waals surface area contributed by atoms with Gasteiger partial charge in [-0.05, 0) is 74.5 Å². The third kappa shape index (κ3) is 4.66. The van der Waals surface area contributed by atoms with E-state index in [1.54, 1.807) is 4.90 Å². The van der Waals surface area contributed by atoms with E-state index in [1.165, 1.54) is 7.11 Å². The van der Waals surface area contributed by atoms with Gasteiger partial charge in [-0.3, -0.25) is 4.79 Å². The van der Waals surface area contributed by atoms with Crippen molar-refractivity contribution < 1.29 is 28.7 Å². The number of carbonyl (C=O) groups excluding carboxylic acids is 1. The Morgan fingerprint density at radius 2 is 1.75 bits per heavy atom. The van der Waals surface area contributed by atoms with E-state index in [-0.39, 0.29) is 30.0 Å². The van der Waals surface area contributed by atoms with E-state index < -0.39 is 24.4 Å². The number of carboxylic acid groups (broad SMARTS) is 1. The molecule has 2 saturated heterocycles. The number of benzene rings is 1. The number of amides is 2. The predicted octanol–water partition coefficient (Wildman–Crippen LogP) is 3.92. The number of nitrogens with zero attached hydrogens (tertiary/aromatic N) is 2. The van der Waals surface area contributed by atoms with Crippen molar-refractivity contribution in [2.24, 2.45) is 5.41 Å². The summed E-state index contributed by atoms with van der Waals surface area (Å²) in [6, 6.07) is 3.75. The van der Waals surface area contributed by atoms with Gasteiger partial charge in [0.15, 0.2) is 0 Å². The number of carbonyl (C=O) groups is 2. The molecule has 1 unspecified atom stereocenters. The van der Waals surface area contributed by atoms with Gasteiger partial charge in [0, 0.05) is 20.2 Å². The lowest BCUT2D eigenvalue weighted by atomic mass is 9.69. The van der Waals surface area contributed by atoms with Gasteiger partial charge in [-0.1, -0.05) is 32.9 Å². The van der Waals surface area contributed by atoms with E-state index in [1.807, 2.05) is 32.6 Å². The van der Waals surface area contributed by atoms with E-state index in [2.05, 4.69) is 32.9 Å². The fourth-order valence-corrected chi connectivity index (χ4v) is 5.91. The lowest BCUT2D eigenvalue weighted by Crippen LogP contribution is -2.48. The fraction of sp³-hybridized carbons (Fsp3) is 0.704. The van der Waals surface area contributed by atoms with Crippen LogP contribution in [0.4, 0.5) is 4.79 Å². The Hall–Kier alpha value is -2.10. The molecular formula is C27H41BN2O6. The molecule has 1 aromatic carbocycles. The zero-order valence-electron chi connectivity index (χ0n) is 23.0. The molecule has 1 aromatic rings. The minimum absolute atomic E-state index is 0.0218. The van der Waals surface area contributed by atoms with Crippen molar-refractivity contribution in [3.8, 4) is 0 Å². The molecule has 3 aliphatic rings. The summed E-state index contributed by atoms with van der Waals surface area (Å²) in [6.07, 6.45) is 1.31. The summed E-state index contributed by atoms with van der Waals surface area (Å²) < 4.78 is 18.0. The molecule has 9 heteroatoms. The molecule has 0 aliphatic carbocycles. The largest absolute Gasteiger partial charge is 0.494 e. The molecule has 0 spiro atoms.